The summed E-state index contributed by atoms with van der Waals surface area (Å²) in [6, 6.07) is 42.7. The van der Waals surface area contributed by atoms with Crippen molar-refractivity contribution < 1.29 is 52.8 Å². The molecule has 4 aliphatic rings. The molecular formula is C83H103N7O13. The lowest BCUT2D eigenvalue weighted by Gasteiger charge is -2.58. The summed E-state index contributed by atoms with van der Waals surface area (Å²) in [6.07, 6.45) is 16.7. The highest BCUT2D eigenvalue weighted by molar-refractivity contribution is 5.98. The summed E-state index contributed by atoms with van der Waals surface area (Å²) in [7, 11) is 1.62. The van der Waals surface area contributed by atoms with Gasteiger partial charge in [-0.25, -0.2) is 4.79 Å². The average Bonchev–Trinajstić information content (AvgIpc) is 1.66. The molecule has 103 heavy (non-hydrogen) atoms. The lowest BCUT2D eigenvalue weighted by Crippen LogP contribution is -2.53. The van der Waals surface area contributed by atoms with E-state index in [0.717, 1.165) is 71.5 Å². The molecule has 6 aromatic rings. The number of nitrogens with zero attached hydrogens (tertiary/aromatic N) is 2. The standard InChI is InChI=1S/C83H103N7O13/c1-56(2)17-15-18-57(3)71-42-43-72-70-41-30-63-54-69(46-48-81(63,4)73(70)47-49-82(71,72)5)101-52-16-50-84-76(91)44-45-77(92)87-75(53-58-26-33-65(34-27-58)89(96)97)79(94)88-74(78(93)86-64-31-24-59(25-32-64)55-102-80(95)103-68-39-35-66(36-40-68)90(98)99)23-13-14-51-85-83(60-19-9-7-10-20-60,61-21-11-8-12-22-61)62-28-37-67(100-6)38-29-62/h7-12,19-22,24-40,56-57,69-75,85H,13-18,23,41-55H2,1-6H3,(H,84,91)(H,86,93)(H,87,92)(H,88,94)/t57-,69+,70+,71-,72+,73+,74+,75+,81+,82-/m1/s1. The third-order valence-electron chi connectivity index (χ3n) is 22.8. The van der Waals surface area contributed by atoms with E-state index in [1.165, 1.54) is 99.9 Å². The monoisotopic (exact) mass is 1410 g/mol. The Hall–Kier alpha value is -9.27. The number of benzene rings is 6. The molecule has 0 saturated heterocycles. The molecule has 10 atom stereocenters. The molecule has 6 aromatic carbocycles. The second-order valence-electron chi connectivity index (χ2n) is 29.7. The van der Waals surface area contributed by atoms with Crippen LogP contribution in [0.1, 0.15) is 172 Å². The van der Waals surface area contributed by atoms with Crippen LogP contribution in [0, 0.1) is 66.6 Å². The molecule has 20 heteroatoms. The molecule has 0 aliphatic heterocycles. The molecule has 0 radical (unpaired) electrons. The Morgan fingerprint density at radius 3 is 1.89 bits per heavy atom. The number of allylic oxidation sites excluding steroid dienone is 1. The van der Waals surface area contributed by atoms with Gasteiger partial charge >= 0.3 is 6.16 Å². The number of anilines is 1. The van der Waals surface area contributed by atoms with Gasteiger partial charge in [0.2, 0.25) is 23.6 Å². The van der Waals surface area contributed by atoms with Gasteiger partial charge in [0, 0.05) is 62.4 Å². The third-order valence-corrected chi connectivity index (χ3v) is 22.8. The molecule has 548 valence electrons. The van der Waals surface area contributed by atoms with Crippen molar-refractivity contribution in [2.24, 2.45) is 46.3 Å². The van der Waals surface area contributed by atoms with E-state index in [1.54, 1.807) is 36.9 Å². The van der Waals surface area contributed by atoms with Crippen molar-refractivity contribution in [3.63, 3.8) is 0 Å². The van der Waals surface area contributed by atoms with Crippen LogP contribution >= 0.6 is 0 Å². The van der Waals surface area contributed by atoms with Crippen LogP contribution in [0.2, 0.25) is 0 Å². The van der Waals surface area contributed by atoms with Crippen molar-refractivity contribution in [2.75, 3.05) is 32.1 Å². The zero-order valence-corrected chi connectivity index (χ0v) is 60.5. The van der Waals surface area contributed by atoms with Crippen LogP contribution in [0.4, 0.5) is 21.9 Å². The number of unbranched alkanes of at least 4 members (excludes halogenated alkanes) is 1. The van der Waals surface area contributed by atoms with Crippen LogP contribution in [-0.4, -0.2) is 84.6 Å². The molecule has 0 aromatic heterocycles. The number of methoxy groups -OCH3 is 1. The first-order chi connectivity index (χ1) is 49.6. The summed E-state index contributed by atoms with van der Waals surface area (Å²) in [4.78, 5) is 90.8. The fourth-order valence-corrected chi connectivity index (χ4v) is 17.3. The van der Waals surface area contributed by atoms with Gasteiger partial charge in [-0.3, -0.25) is 44.7 Å². The number of non-ortho nitro benzene ring substituents is 2. The Bertz CT molecular complexity index is 3820. The molecule has 20 nitrogen and oxygen atoms in total. The maximum Gasteiger partial charge on any atom is 0.514 e. The predicted octanol–water partition coefficient (Wildman–Crippen LogP) is 15.8. The molecule has 3 saturated carbocycles. The smallest absolute Gasteiger partial charge is 0.497 e. The van der Waals surface area contributed by atoms with Crippen LogP contribution in [-0.2, 0) is 47.2 Å². The van der Waals surface area contributed by atoms with E-state index < -0.39 is 51.3 Å². The van der Waals surface area contributed by atoms with Gasteiger partial charge in [0.25, 0.3) is 11.4 Å². The highest BCUT2D eigenvalue weighted by atomic mass is 16.7. The SMILES string of the molecule is COc1ccc(C(NCCCC[C@H](NC(=O)[C@H](Cc2ccc([N+](=O)[O-])cc2)NC(=O)CCC(=O)NCCCO[C@H]2CC[C@@]3(C)C(=CC[C@H]4[C@@H]5CC[C@H]([C@H](C)CCCC(C)C)[C@@]5(C)CC[C@@H]43)C2)C(=O)Nc2ccc(COC(=O)Oc3ccc([N+](=O)[O-])cc3)cc2)(c2ccccc2)c2ccccc2)cc1. The lowest BCUT2D eigenvalue weighted by molar-refractivity contribution is -0.385. The molecule has 4 aliphatic carbocycles. The quantitative estimate of drug-likeness (QED) is 0.00471. The van der Waals surface area contributed by atoms with E-state index in [9.17, 15) is 44.2 Å². The molecule has 0 bridgehead atoms. The van der Waals surface area contributed by atoms with Crippen molar-refractivity contribution in [3.8, 4) is 11.5 Å². The maximum atomic E-state index is 14.8. The van der Waals surface area contributed by atoms with Crippen LogP contribution in [0.5, 0.6) is 11.5 Å². The Balaban J connectivity index is 0.755. The van der Waals surface area contributed by atoms with E-state index in [1.807, 2.05) is 60.7 Å². The molecule has 3 fully saturated rings. The number of rotatable bonds is 35. The highest BCUT2D eigenvalue weighted by Crippen LogP contribution is 2.67. The van der Waals surface area contributed by atoms with Crippen molar-refractivity contribution in [3.05, 3.63) is 217 Å². The van der Waals surface area contributed by atoms with Gasteiger partial charge in [0.05, 0.1) is 28.6 Å². The van der Waals surface area contributed by atoms with Gasteiger partial charge in [0.15, 0.2) is 0 Å². The van der Waals surface area contributed by atoms with Crippen LogP contribution < -0.4 is 36.1 Å². The molecule has 0 unspecified atom stereocenters. The molecule has 4 amide bonds. The van der Waals surface area contributed by atoms with E-state index in [-0.39, 0.29) is 66.8 Å². The van der Waals surface area contributed by atoms with Crippen LogP contribution in [0.15, 0.2) is 169 Å². The number of nitro benzene ring substituents is 2. The molecular weight excluding hydrogens is 1300 g/mol. The minimum Gasteiger partial charge on any atom is -0.497 e. The van der Waals surface area contributed by atoms with Gasteiger partial charge in [-0.2, -0.15) is 0 Å². The van der Waals surface area contributed by atoms with Crippen LogP contribution in [0.3, 0.4) is 0 Å². The summed E-state index contributed by atoms with van der Waals surface area (Å²) >= 11 is 0. The highest BCUT2D eigenvalue weighted by Gasteiger charge is 2.59. The molecule has 0 spiro atoms. The van der Waals surface area contributed by atoms with E-state index in [0.29, 0.717) is 66.9 Å². The summed E-state index contributed by atoms with van der Waals surface area (Å²) in [5, 5.41) is 38.2. The Morgan fingerprint density at radius 1 is 0.612 bits per heavy atom. The Labute approximate surface area is 605 Å². The van der Waals surface area contributed by atoms with Gasteiger partial charge in [0.1, 0.15) is 30.2 Å². The van der Waals surface area contributed by atoms with Gasteiger partial charge in [-0.1, -0.05) is 163 Å². The normalized spacial score (nSPS) is 21.4. The topological polar surface area (TPSA) is 269 Å². The van der Waals surface area contributed by atoms with Gasteiger partial charge in [-0.15, -0.1) is 0 Å². The first kappa shape index (κ1) is 76.4. The Morgan fingerprint density at radius 2 is 1.24 bits per heavy atom. The minimum absolute atomic E-state index is 0.0517. The predicted molar refractivity (Wildman–Crippen MR) is 397 cm³/mol. The number of ether oxygens (including phenoxy) is 4. The zero-order valence-electron chi connectivity index (χ0n) is 60.5. The van der Waals surface area contributed by atoms with Crippen molar-refractivity contribution in [1.82, 2.24) is 21.3 Å². The van der Waals surface area contributed by atoms with Crippen LogP contribution in [0.25, 0.3) is 0 Å². The first-order valence-corrected chi connectivity index (χ1v) is 37.1. The minimum atomic E-state index is -1.28. The van der Waals surface area contributed by atoms with Crippen molar-refractivity contribution in [1.29, 1.82) is 0 Å². The average molecular weight is 1410 g/mol. The number of hydrogen-bond acceptors (Lipinski definition) is 14. The molecule has 10 rings (SSSR count). The van der Waals surface area contributed by atoms with Crippen molar-refractivity contribution in [2.45, 2.75) is 181 Å². The fraction of sp³-hybridized carbons (Fsp3) is 0.482. The number of amides is 4. The maximum absolute atomic E-state index is 14.8. The van der Waals surface area contributed by atoms with E-state index in [2.05, 4.69) is 91.5 Å². The first-order valence-electron chi connectivity index (χ1n) is 37.1. The zero-order chi connectivity index (χ0) is 73.1. The van der Waals surface area contributed by atoms with Gasteiger partial charge in [-0.05, 0) is 194 Å². The molecule has 5 N–H and O–H groups in total. The number of fused-ring (bicyclic) bond motifs is 5. The van der Waals surface area contributed by atoms with E-state index in [4.69, 9.17) is 18.9 Å². The second-order valence-corrected chi connectivity index (χ2v) is 29.7. The number of carbonyl (C=O) groups excluding carboxylic acids is 5. The summed E-state index contributed by atoms with van der Waals surface area (Å²) in [5.41, 5.74) is 5.46. The Kier molecular flexibility index (Phi) is 26.5. The van der Waals surface area contributed by atoms with E-state index >= 15 is 0 Å². The number of carbonyl (C=O) groups is 5. The second kappa shape index (κ2) is 35.8. The number of nitro groups is 2. The number of nitrogens with one attached hydrogen (secondary N) is 5. The number of hydrogen-bond donors (Lipinski definition) is 5. The summed E-state index contributed by atoms with van der Waals surface area (Å²) in [6.45, 7) is 13.6. The summed E-state index contributed by atoms with van der Waals surface area (Å²) < 4.78 is 22.5. The largest absolute Gasteiger partial charge is 0.514 e. The lowest BCUT2D eigenvalue weighted by atomic mass is 9.47. The summed E-state index contributed by atoms with van der Waals surface area (Å²) in [5.74, 6) is 3.29. The van der Waals surface area contributed by atoms with Crippen molar-refractivity contribution >= 4 is 46.8 Å². The third kappa shape index (κ3) is 19.5. The molecule has 0 heterocycles. The fourth-order valence-electron chi connectivity index (χ4n) is 17.3. The van der Waals surface area contributed by atoms with Gasteiger partial charge < -0.3 is 40.2 Å².